The number of nitrogens with one attached hydrogen (secondary N) is 1. The Morgan fingerprint density at radius 3 is 2.47 bits per heavy atom. The second-order valence-electron chi connectivity index (χ2n) is 6.00. The van der Waals surface area contributed by atoms with Crippen LogP contribution >= 0.6 is 22.6 Å². The smallest absolute Gasteiger partial charge is 0.264 e. The first kappa shape index (κ1) is 15.0. The van der Waals surface area contributed by atoms with Gasteiger partial charge < -0.3 is 4.98 Å². The molecule has 106 valence electrons. The summed E-state index contributed by atoms with van der Waals surface area (Å²) in [5, 5.41) is 0. The first-order valence-electron chi connectivity index (χ1n) is 7.36. The maximum absolute atomic E-state index is 12.1. The second-order valence-corrected chi connectivity index (χ2v) is 7.08. The Bertz CT molecular complexity index is 474. The van der Waals surface area contributed by atoms with Crippen molar-refractivity contribution in [2.24, 2.45) is 5.92 Å². The van der Waals surface area contributed by atoms with Crippen LogP contribution in [0.5, 0.6) is 0 Å². The van der Waals surface area contributed by atoms with E-state index in [1.165, 1.54) is 38.5 Å². The average Bonchev–Trinajstić information content (AvgIpc) is 2.63. The third-order valence-corrected chi connectivity index (χ3v) is 4.91. The van der Waals surface area contributed by atoms with E-state index in [1.807, 2.05) is 0 Å². The molecule has 1 aromatic heterocycles. The molecule has 0 radical (unpaired) electrons. The number of hydrogen-bond acceptors (Lipinski definition) is 2. The van der Waals surface area contributed by atoms with E-state index in [0.29, 0.717) is 11.8 Å². The third kappa shape index (κ3) is 4.04. The Kier molecular flexibility index (Phi) is 5.42. The highest BCUT2D eigenvalue weighted by atomic mass is 127. The molecule has 0 amide bonds. The van der Waals surface area contributed by atoms with Crippen LogP contribution in [-0.4, -0.2) is 9.97 Å². The summed E-state index contributed by atoms with van der Waals surface area (Å²) in [7, 11) is 0. The van der Waals surface area contributed by atoms with Crippen LogP contribution < -0.4 is 5.56 Å². The summed E-state index contributed by atoms with van der Waals surface area (Å²) in [4.78, 5) is 19.9. The summed E-state index contributed by atoms with van der Waals surface area (Å²) >= 11 is 2.13. The third-order valence-electron chi connectivity index (χ3n) is 3.79. The quantitative estimate of drug-likeness (QED) is 0.642. The van der Waals surface area contributed by atoms with Crippen LogP contribution in [-0.2, 0) is 6.42 Å². The van der Waals surface area contributed by atoms with E-state index in [9.17, 15) is 4.79 Å². The highest BCUT2D eigenvalue weighted by molar-refractivity contribution is 14.1. The first-order valence-corrected chi connectivity index (χ1v) is 8.44. The van der Waals surface area contributed by atoms with Crippen LogP contribution in [0.1, 0.15) is 69.8 Å². The first-order chi connectivity index (χ1) is 9.08. The van der Waals surface area contributed by atoms with Gasteiger partial charge in [-0.1, -0.05) is 39.5 Å². The Morgan fingerprint density at radius 2 is 1.89 bits per heavy atom. The number of aromatic nitrogens is 2. The van der Waals surface area contributed by atoms with Crippen molar-refractivity contribution in [3.05, 3.63) is 25.4 Å². The van der Waals surface area contributed by atoms with Gasteiger partial charge in [0.25, 0.3) is 5.56 Å². The molecular formula is C15H23IN2O. The Hall–Kier alpha value is -0.390. The summed E-state index contributed by atoms with van der Waals surface area (Å²) in [6.45, 7) is 4.34. The van der Waals surface area contributed by atoms with Gasteiger partial charge in [0.1, 0.15) is 5.82 Å². The van der Waals surface area contributed by atoms with Gasteiger partial charge in [-0.05, 0) is 47.8 Å². The lowest BCUT2D eigenvalue weighted by molar-refractivity contribution is 0.547. The minimum Gasteiger partial charge on any atom is -0.309 e. The fourth-order valence-corrected chi connectivity index (χ4v) is 3.27. The highest BCUT2D eigenvalue weighted by Gasteiger charge is 2.19. The van der Waals surface area contributed by atoms with Gasteiger partial charge in [0, 0.05) is 5.92 Å². The number of nitrogens with zero attached hydrogens (tertiary/aromatic N) is 1. The van der Waals surface area contributed by atoms with Crippen LogP contribution in [0.15, 0.2) is 4.79 Å². The molecule has 0 unspecified atom stereocenters. The SMILES string of the molecule is CC(C)Cc1nc(C2CCCCCC2)[nH]c(=O)c1I. The van der Waals surface area contributed by atoms with Gasteiger partial charge in [-0.3, -0.25) is 4.79 Å². The van der Waals surface area contributed by atoms with E-state index >= 15 is 0 Å². The number of aromatic amines is 1. The lowest BCUT2D eigenvalue weighted by Gasteiger charge is -2.15. The molecule has 0 saturated heterocycles. The Balaban J connectivity index is 2.29. The van der Waals surface area contributed by atoms with Crippen molar-refractivity contribution < 1.29 is 0 Å². The van der Waals surface area contributed by atoms with Gasteiger partial charge in [0.05, 0.1) is 9.26 Å². The predicted octanol–water partition coefficient (Wildman–Crippen LogP) is 4.01. The molecule has 0 atom stereocenters. The van der Waals surface area contributed by atoms with Gasteiger partial charge in [-0.25, -0.2) is 4.98 Å². The van der Waals surface area contributed by atoms with Crippen molar-refractivity contribution in [1.82, 2.24) is 9.97 Å². The normalized spacial score (nSPS) is 17.7. The van der Waals surface area contributed by atoms with Crippen LogP contribution in [0.25, 0.3) is 0 Å². The van der Waals surface area contributed by atoms with Crippen molar-refractivity contribution >= 4 is 22.6 Å². The molecule has 3 nitrogen and oxygen atoms in total. The molecular weight excluding hydrogens is 351 g/mol. The summed E-state index contributed by atoms with van der Waals surface area (Å²) in [5.41, 5.74) is 1.03. The molecule has 2 rings (SSSR count). The summed E-state index contributed by atoms with van der Waals surface area (Å²) in [6, 6.07) is 0. The fraction of sp³-hybridized carbons (Fsp3) is 0.733. The molecule has 0 spiro atoms. The van der Waals surface area contributed by atoms with Crippen molar-refractivity contribution in [3.8, 4) is 0 Å². The number of halogens is 1. The molecule has 4 heteroatoms. The van der Waals surface area contributed by atoms with E-state index in [-0.39, 0.29) is 5.56 Å². The molecule has 1 aliphatic carbocycles. The molecule has 1 aliphatic rings. The van der Waals surface area contributed by atoms with E-state index in [1.54, 1.807) is 0 Å². The fourth-order valence-electron chi connectivity index (χ4n) is 2.79. The van der Waals surface area contributed by atoms with Crippen molar-refractivity contribution in [1.29, 1.82) is 0 Å². The molecule has 1 heterocycles. The summed E-state index contributed by atoms with van der Waals surface area (Å²) in [6.07, 6.45) is 8.41. The van der Waals surface area contributed by atoms with Gasteiger partial charge in [-0.15, -0.1) is 0 Å². The zero-order valence-electron chi connectivity index (χ0n) is 11.8. The van der Waals surface area contributed by atoms with Gasteiger partial charge >= 0.3 is 0 Å². The lowest BCUT2D eigenvalue weighted by atomic mass is 9.99. The van der Waals surface area contributed by atoms with Gasteiger partial charge in [0.15, 0.2) is 0 Å². The van der Waals surface area contributed by atoms with Crippen LogP contribution in [0.4, 0.5) is 0 Å². The minimum atomic E-state index is 0.0468. The monoisotopic (exact) mass is 374 g/mol. The number of rotatable bonds is 3. The molecule has 1 aromatic rings. The minimum absolute atomic E-state index is 0.0468. The maximum atomic E-state index is 12.1. The second kappa shape index (κ2) is 6.86. The zero-order chi connectivity index (χ0) is 13.8. The standard InChI is InChI=1S/C15H23IN2O/c1-10(2)9-12-13(16)15(19)18-14(17-12)11-7-5-3-4-6-8-11/h10-11H,3-9H2,1-2H3,(H,17,18,19). The molecule has 0 aliphatic heterocycles. The van der Waals surface area contributed by atoms with Crippen molar-refractivity contribution in [2.45, 2.75) is 64.7 Å². The van der Waals surface area contributed by atoms with Crippen LogP contribution in [0.3, 0.4) is 0 Å². The van der Waals surface area contributed by atoms with E-state index < -0.39 is 0 Å². The molecule has 19 heavy (non-hydrogen) atoms. The van der Waals surface area contributed by atoms with Crippen LogP contribution in [0.2, 0.25) is 0 Å². The molecule has 0 aromatic carbocycles. The molecule has 1 N–H and O–H groups in total. The lowest BCUT2D eigenvalue weighted by Crippen LogP contribution is -2.21. The largest absolute Gasteiger partial charge is 0.309 e. The van der Waals surface area contributed by atoms with Crippen LogP contribution in [0, 0.1) is 9.49 Å². The summed E-state index contributed by atoms with van der Waals surface area (Å²) in [5.74, 6) is 1.92. The average molecular weight is 374 g/mol. The van der Waals surface area contributed by atoms with E-state index in [4.69, 9.17) is 4.98 Å². The highest BCUT2D eigenvalue weighted by Crippen LogP contribution is 2.29. The molecule has 0 bridgehead atoms. The molecule has 1 fully saturated rings. The van der Waals surface area contributed by atoms with E-state index in [2.05, 4.69) is 41.4 Å². The van der Waals surface area contributed by atoms with Crippen molar-refractivity contribution in [2.75, 3.05) is 0 Å². The summed E-state index contributed by atoms with van der Waals surface area (Å²) < 4.78 is 0.767. The maximum Gasteiger partial charge on any atom is 0.264 e. The molecule has 1 saturated carbocycles. The predicted molar refractivity (Wildman–Crippen MR) is 86.6 cm³/mol. The number of hydrogen-bond donors (Lipinski definition) is 1. The Labute approximate surface area is 128 Å². The Morgan fingerprint density at radius 1 is 1.26 bits per heavy atom. The van der Waals surface area contributed by atoms with Gasteiger partial charge in [0.2, 0.25) is 0 Å². The number of H-pyrrole nitrogens is 1. The van der Waals surface area contributed by atoms with E-state index in [0.717, 1.165) is 21.5 Å². The van der Waals surface area contributed by atoms with Crippen molar-refractivity contribution in [3.63, 3.8) is 0 Å². The zero-order valence-corrected chi connectivity index (χ0v) is 14.0. The van der Waals surface area contributed by atoms with Gasteiger partial charge in [-0.2, -0.15) is 0 Å². The topological polar surface area (TPSA) is 45.8 Å².